The Kier molecular flexibility index (Phi) is 5.45. The first kappa shape index (κ1) is 17.8. The van der Waals surface area contributed by atoms with Crippen molar-refractivity contribution >= 4 is 12.1 Å². The third-order valence-corrected chi connectivity index (χ3v) is 3.61. The number of benzene rings is 1. The SMILES string of the molecule is CC(C)(C)OC(=O)N1CC(C#N)CC1C(=O)OCc1ccccc1. The van der Waals surface area contributed by atoms with E-state index in [-0.39, 0.29) is 19.6 Å². The standard InChI is InChI=1S/C18H22N2O4/c1-18(2,3)24-17(22)20-11-14(10-19)9-15(20)16(21)23-12-13-7-5-4-6-8-13/h4-8,14-15H,9,11-12H2,1-3H3. The number of carbonyl (C=O) groups is 2. The molecule has 6 nitrogen and oxygen atoms in total. The van der Waals surface area contributed by atoms with Crippen molar-refractivity contribution in [2.24, 2.45) is 5.92 Å². The fourth-order valence-electron chi connectivity index (χ4n) is 2.50. The lowest BCUT2D eigenvalue weighted by atomic mass is 10.1. The number of likely N-dealkylation sites (tertiary alicyclic amines) is 1. The molecule has 2 rings (SSSR count). The number of nitriles is 1. The summed E-state index contributed by atoms with van der Waals surface area (Å²) in [5.41, 5.74) is 0.199. The summed E-state index contributed by atoms with van der Waals surface area (Å²) in [6, 6.07) is 10.6. The number of ether oxygens (including phenoxy) is 2. The van der Waals surface area contributed by atoms with Crippen LogP contribution in [0.2, 0.25) is 0 Å². The number of carbonyl (C=O) groups excluding carboxylic acids is 2. The van der Waals surface area contributed by atoms with E-state index in [0.29, 0.717) is 0 Å². The monoisotopic (exact) mass is 330 g/mol. The second-order valence-corrected chi connectivity index (χ2v) is 6.80. The van der Waals surface area contributed by atoms with Gasteiger partial charge >= 0.3 is 12.1 Å². The smallest absolute Gasteiger partial charge is 0.411 e. The van der Waals surface area contributed by atoms with Gasteiger partial charge in [0, 0.05) is 6.54 Å². The maximum atomic E-state index is 12.4. The summed E-state index contributed by atoms with van der Waals surface area (Å²) in [7, 11) is 0. The lowest BCUT2D eigenvalue weighted by molar-refractivity contribution is -0.150. The first-order chi connectivity index (χ1) is 11.3. The molecule has 0 bridgehead atoms. The Morgan fingerprint density at radius 2 is 1.96 bits per heavy atom. The summed E-state index contributed by atoms with van der Waals surface area (Å²) in [6.45, 7) is 5.58. The third kappa shape index (κ3) is 4.72. The van der Waals surface area contributed by atoms with Crippen LogP contribution >= 0.6 is 0 Å². The first-order valence-corrected chi connectivity index (χ1v) is 7.90. The lowest BCUT2D eigenvalue weighted by Gasteiger charge is -2.27. The molecule has 0 aromatic heterocycles. The number of esters is 1. The van der Waals surface area contributed by atoms with E-state index in [2.05, 4.69) is 6.07 Å². The van der Waals surface area contributed by atoms with Crippen molar-refractivity contribution in [2.75, 3.05) is 6.54 Å². The Balaban J connectivity index is 2.03. The zero-order valence-corrected chi connectivity index (χ0v) is 14.2. The molecule has 0 N–H and O–H groups in total. The fraction of sp³-hybridized carbons (Fsp3) is 0.500. The van der Waals surface area contributed by atoms with Gasteiger partial charge in [-0.05, 0) is 32.8 Å². The zero-order valence-electron chi connectivity index (χ0n) is 14.2. The van der Waals surface area contributed by atoms with E-state index in [0.717, 1.165) is 5.56 Å². The molecule has 1 fully saturated rings. The van der Waals surface area contributed by atoms with Crippen molar-refractivity contribution in [3.8, 4) is 6.07 Å². The van der Waals surface area contributed by atoms with Gasteiger partial charge in [0.05, 0.1) is 12.0 Å². The number of hydrogen-bond donors (Lipinski definition) is 0. The summed E-state index contributed by atoms with van der Waals surface area (Å²) >= 11 is 0. The molecule has 128 valence electrons. The van der Waals surface area contributed by atoms with Gasteiger partial charge in [0.25, 0.3) is 0 Å². The van der Waals surface area contributed by atoms with Gasteiger partial charge in [0.1, 0.15) is 18.2 Å². The Morgan fingerprint density at radius 1 is 1.29 bits per heavy atom. The molecule has 2 atom stereocenters. The fourth-order valence-corrected chi connectivity index (χ4v) is 2.50. The van der Waals surface area contributed by atoms with Crippen LogP contribution in [0.25, 0.3) is 0 Å². The molecule has 1 aromatic rings. The summed E-state index contributed by atoms with van der Waals surface area (Å²) in [5.74, 6) is -0.908. The summed E-state index contributed by atoms with van der Waals surface area (Å²) in [6.07, 6.45) is -0.328. The van der Waals surface area contributed by atoms with Crippen LogP contribution in [0.15, 0.2) is 30.3 Å². The molecule has 0 radical (unpaired) electrons. The van der Waals surface area contributed by atoms with Crippen LogP contribution in [0.3, 0.4) is 0 Å². The van der Waals surface area contributed by atoms with Gasteiger partial charge in [0.15, 0.2) is 0 Å². The van der Waals surface area contributed by atoms with E-state index < -0.39 is 29.6 Å². The van der Waals surface area contributed by atoms with Crippen LogP contribution in [-0.2, 0) is 20.9 Å². The molecule has 1 aliphatic heterocycles. The molecule has 0 aliphatic carbocycles. The number of nitrogens with zero attached hydrogens (tertiary/aromatic N) is 2. The van der Waals surface area contributed by atoms with Crippen molar-refractivity contribution in [3.05, 3.63) is 35.9 Å². The van der Waals surface area contributed by atoms with Gasteiger partial charge in [0.2, 0.25) is 0 Å². The molecule has 1 amide bonds. The molecule has 0 spiro atoms. The van der Waals surface area contributed by atoms with Crippen molar-refractivity contribution in [1.82, 2.24) is 4.90 Å². The van der Waals surface area contributed by atoms with Crippen LogP contribution in [0.1, 0.15) is 32.8 Å². The molecule has 1 aromatic carbocycles. The van der Waals surface area contributed by atoms with Crippen molar-refractivity contribution in [1.29, 1.82) is 5.26 Å². The van der Waals surface area contributed by atoms with Crippen molar-refractivity contribution in [2.45, 2.75) is 45.4 Å². The third-order valence-electron chi connectivity index (χ3n) is 3.61. The Hall–Kier alpha value is -2.55. The second kappa shape index (κ2) is 7.35. The zero-order chi connectivity index (χ0) is 17.7. The predicted octanol–water partition coefficient (Wildman–Crippen LogP) is 2.88. The van der Waals surface area contributed by atoms with Gasteiger partial charge in [-0.3, -0.25) is 4.90 Å². The van der Waals surface area contributed by atoms with Gasteiger partial charge in [-0.1, -0.05) is 30.3 Å². The average Bonchev–Trinajstić information content (AvgIpc) is 2.96. The Bertz CT molecular complexity index is 631. The highest BCUT2D eigenvalue weighted by molar-refractivity contribution is 5.82. The molecule has 24 heavy (non-hydrogen) atoms. The van der Waals surface area contributed by atoms with E-state index in [1.807, 2.05) is 30.3 Å². The second-order valence-electron chi connectivity index (χ2n) is 6.80. The minimum Gasteiger partial charge on any atom is -0.459 e. The first-order valence-electron chi connectivity index (χ1n) is 7.90. The van der Waals surface area contributed by atoms with E-state index >= 15 is 0 Å². The van der Waals surface area contributed by atoms with E-state index in [1.54, 1.807) is 20.8 Å². The van der Waals surface area contributed by atoms with Crippen molar-refractivity contribution < 1.29 is 19.1 Å². The maximum absolute atomic E-state index is 12.4. The molecule has 1 aliphatic rings. The van der Waals surface area contributed by atoms with Gasteiger partial charge in [-0.25, -0.2) is 9.59 Å². The van der Waals surface area contributed by atoms with E-state index in [1.165, 1.54) is 4.90 Å². The van der Waals surface area contributed by atoms with Crippen molar-refractivity contribution in [3.63, 3.8) is 0 Å². The maximum Gasteiger partial charge on any atom is 0.411 e. The van der Waals surface area contributed by atoms with Gasteiger partial charge in [-0.2, -0.15) is 5.26 Å². The molecule has 2 unspecified atom stereocenters. The normalized spacial score (nSPS) is 20.3. The quantitative estimate of drug-likeness (QED) is 0.796. The van der Waals surface area contributed by atoms with Crippen LogP contribution in [0.5, 0.6) is 0 Å². The molecular weight excluding hydrogens is 308 g/mol. The highest BCUT2D eigenvalue weighted by Gasteiger charge is 2.42. The number of amides is 1. The average molecular weight is 330 g/mol. The highest BCUT2D eigenvalue weighted by Crippen LogP contribution is 2.26. The number of rotatable bonds is 3. The predicted molar refractivity (Wildman–Crippen MR) is 86.7 cm³/mol. The van der Waals surface area contributed by atoms with Crippen LogP contribution in [-0.4, -0.2) is 35.2 Å². The Morgan fingerprint density at radius 3 is 2.54 bits per heavy atom. The summed E-state index contributed by atoms with van der Waals surface area (Å²) in [4.78, 5) is 26.0. The Labute approximate surface area is 142 Å². The van der Waals surface area contributed by atoms with E-state index in [9.17, 15) is 9.59 Å². The lowest BCUT2D eigenvalue weighted by Crippen LogP contribution is -2.44. The minimum absolute atomic E-state index is 0.134. The molecular formula is C18H22N2O4. The summed E-state index contributed by atoms with van der Waals surface area (Å²) in [5, 5.41) is 9.12. The molecule has 0 saturated carbocycles. The van der Waals surface area contributed by atoms with Crippen LogP contribution in [0.4, 0.5) is 4.79 Å². The number of hydrogen-bond acceptors (Lipinski definition) is 5. The summed E-state index contributed by atoms with van der Waals surface area (Å²) < 4.78 is 10.6. The minimum atomic E-state index is -0.784. The molecule has 1 saturated heterocycles. The van der Waals surface area contributed by atoms with Crippen LogP contribution < -0.4 is 0 Å². The molecule has 1 heterocycles. The molecule has 6 heteroatoms. The topological polar surface area (TPSA) is 79.6 Å². The largest absolute Gasteiger partial charge is 0.459 e. The van der Waals surface area contributed by atoms with Crippen LogP contribution in [0, 0.1) is 17.2 Å². The highest BCUT2D eigenvalue weighted by atomic mass is 16.6. The van der Waals surface area contributed by atoms with Gasteiger partial charge < -0.3 is 9.47 Å². The van der Waals surface area contributed by atoms with E-state index in [4.69, 9.17) is 14.7 Å². The van der Waals surface area contributed by atoms with Gasteiger partial charge in [-0.15, -0.1) is 0 Å².